The molecule has 0 saturated carbocycles. The van der Waals surface area contributed by atoms with Crippen molar-refractivity contribution >= 4 is 34.3 Å². The van der Waals surface area contributed by atoms with E-state index in [4.69, 9.17) is 4.98 Å². The van der Waals surface area contributed by atoms with Crippen molar-refractivity contribution in [2.45, 2.75) is 12.1 Å². The van der Waals surface area contributed by atoms with Crippen molar-refractivity contribution in [1.82, 2.24) is 9.55 Å². The van der Waals surface area contributed by atoms with Crippen molar-refractivity contribution in [2.24, 2.45) is 0 Å². The van der Waals surface area contributed by atoms with Crippen LogP contribution in [0.2, 0.25) is 0 Å². The maximum atomic E-state index is 13.2. The van der Waals surface area contributed by atoms with Crippen molar-refractivity contribution < 1.29 is 4.79 Å². The minimum atomic E-state index is -0.143. The summed E-state index contributed by atoms with van der Waals surface area (Å²) in [5.74, 6) is 0.103. The Morgan fingerprint density at radius 2 is 1.63 bits per heavy atom. The second-order valence-electron chi connectivity index (χ2n) is 6.96. The average Bonchev–Trinajstić information content (AvgIpc) is 2.78. The third-order valence-electron chi connectivity index (χ3n) is 4.88. The Kier molecular flexibility index (Phi) is 5.68. The Labute approximate surface area is 179 Å². The first kappa shape index (κ1) is 19.9. The number of nitrogens with zero attached hydrogens (tertiary/aromatic N) is 3. The summed E-state index contributed by atoms with van der Waals surface area (Å²) in [5.41, 5.74) is 3.14. The number of rotatable bonds is 5. The highest BCUT2D eigenvalue weighted by Gasteiger charge is 2.17. The van der Waals surface area contributed by atoms with Crippen LogP contribution in [0.4, 0.5) is 5.69 Å². The van der Waals surface area contributed by atoms with Crippen molar-refractivity contribution in [1.29, 1.82) is 0 Å². The molecule has 0 aliphatic carbocycles. The van der Waals surface area contributed by atoms with Crippen LogP contribution in [0.1, 0.15) is 5.56 Å². The molecule has 30 heavy (non-hydrogen) atoms. The second-order valence-corrected chi connectivity index (χ2v) is 7.91. The molecular weight excluding hydrogens is 394 g/mol. The fourth-order valence-electron chi connectivity index (χ4n) is 3.15. The maximum Gasteiger partial charge on any atom is 0.266 e. The molecule has 0 aliphatic rings. The molecular formula is C24H21N3O2S. The monoisotopic (exact) mass is 415 g/mol. The van der Waals surface area contributed by atoms with Gasteiger partial charge in [0.15, 0.2) is 5.16 Å². The van der Waals surface area contributed by atoms with E-state index in [1.54, 1.807) is 22.6 Å². The fraction of sp³-hybridized carbons (Fsp3) is 0.125. The first-order valence-corrected chi connectivity index (χ1v) is 10.6. The highest BCUT2D eigenvalue weighted by Crippen LogP contribution is 2.23. The molecule has 1 heterocycles. The van der Waals surface area contributed by atoms with Crippen LogP contribution < -0.4 is 10.5 Å². The van der Waals surface area contributed by atoms with Crippen LogP contribution in [0.5, 0.6) is 0 Å². The quantitative estimate of drug-likeness (QED) is 0.357. The molecule has 0 aliphatic heterocycles. The van der Waals surface area contributed by atoms with Gasteiger partial charge in [0.05, 0.1) is 22.3 Å². The number of hydrogen-bond donors (Lipinski definition) is 0. The van der Waals surface area contributed by atoms with Gasteiger partial charge in [-0.1, -0.05) is 59.8 Å². The lowest BCUT2D eigenvalue weighted by atomic mass is 10.2. The number of hydrogen-bond acceptors (Lipinski definition) is 4. The Bertz CT molecular complexity index is 1250. The van der Waals surface area contributed by atoms with E-state index in [0.29, 0.717) is 16.1 Å². The highest BCUT2D eigenvalue weighted by atomic mass is 32.2. The first-order chi connectivity index (χ1) is 14.5. The lowest BCUT2D eigenvalue weighted by Crippen LogP contribution is -2.28. The van der Waals surface area contributed by atoms with Crippen LogP contribution in [0.3, 0.4) is 0 Å². The number of carbonyl (C=O) groups excluding carboxylic acids is 1. The molecule has 1 amide bonds. The van der Waals surface area contributed by atoms with Crippen molar-refractivity contribution in [2.75, 3.05) is 17.7 Å². The molecule has 6 heteroatoms. The summed E-state index contributed by atoms with van der Waals surface area (Å²) < 4.78 is 1.59. The predicted molar refractivity (Wildman–Crippen MR) is 123 cm³/mol. The molecule has 0 bridgehead atoms. The zero-order chi connectivity index (χ0) is 21.1. The number of para-hydroxylation sites is 2. The number of amides is 1. The van der Waals surface area contributed by atoms with E-state index < -0.39 is 0 Å². The fourth-order valence-corrected chi connectivity index (χ4v) is 4.08. The summed E-state index contributed by atoms with van der Waals surface area (Å²) in [7, 11) is 1.75. The lowest BCUT2D eigenvalue weighted by molar-refractivity contribution is -0.115. The Hall–Kier alpha value is -3.38. The number of anilines is 1. The van der Waals surface area contributed by atoms with Crippen molar-refractivity contribution in [3.63, 3.8) is 0 Å². The summed E-state index contributed by atoms with van der Waals surface area (Å²) in [6, 6.07) is 24.5. The van der Waals surface area contributed by atoms with E-state index in [1.165, 1.54) is 11.8 Å². The second kappa shape index (κ2) is 8.55. The minimum absolute atomic E-state index is 0.0657. The molecule has 1 aromatic heterocycles. The number of aryl methyl sites for hydroxylation is 1. The summed E-state index contributed by atoms with van der Waals surface area (Å²) in [6.07, 6.45) is 0. The van der Waals surface area contributed by atoms with E-state index >= 15 is 0 Å². The first-order valence-electron chi connectivity index (χ1n) is 9.58. The van der Waals surface area contributed by atoms with Crippen LogP contribution in [-0.4, -0.2) is 28.3 Å². The molecule has 0 radical (unpaired) electrons. The van der Waals surface area contributed by atoms with Gasteiger partial charge in [-0.2, -0.15) is 0 Å². The number of thioether (sulfide) groups is 1. The van der Waals surface area contributed by atoms with Gasteiger partial charge < -0.3 is 4.90 Å². The SMILES string of the molecule is Cc1ccc(-n2c(SCC(=O)N(C)c3ccccc3)nc3ccccc3c2=O)cc1. The predicted octanol–water partition coefficient (Wildman–Crippen LogP) is 4.45. The average molecular weight is 416 g/mol. The van der Waals surface area contributed by atoms with E-state index in [9.17, 15) is 9.59 Å². The summed E-state index contributed by atoms with van der Waals surface area (Å²) in [6.45, 7) is 2.00. The van der Waals surface area contributed by atoms with Crippen LogP contribution in [-0.2, 0) is 4.79 Å². The Balaban J connectivity index is 1.70. The minimum Gasteiger partial charge on any atom is -0.315 e. The van der Waals surface area contributed by atoms with Crippen LogP contribution >= 0.6 is 11.8 Å². The molecule has 0 saturated heterocycles. The molecule has 3 aromatic carbocycles. The van der Waals surface area contributed by atoms with Gasteiger partial charge >= 0.3 is 0 Å². The topological polar surface area (TPSA) is 55.2 Å². The zero-order valence-electron chi connectivity index (χ0n) is 16.8. The molecule has 0 unspecified atom stereocenters. The Morgan fingerprint density at radius 1 is 0.967 bits per heavy atom. The van der Waals surface area contributed by atoms with Gasteiger partial charge in [0, 0.05) is 12.7 Å². The van der Waals surface area contributed by atoms with Gasteiger partial charge in [0.2, 0.25) is 5.91 Å². The van der Waals surface area contributed by atoms with Gasteiger partial charge in [0.25, 0.3) is 5.56 Å². The van der Waals surface area contributed by atoms with E-state index in [0.717, 1.165) is 16.9 Å². The molecule has 5 nitrogen and oxygen atoms in total. The summed E-state index contributed by atoms with van der Waals surface area (Å²) in [5, 5.41) is 1.05. The largest absolute Gasteiger partial charge is 0.315 e. The van der Waals surface area contributed by atoms with E-state index in [-0.39, 0.29) is 17.2 Å². The van der Waals surface area contributed by atoms with Crippen LogP contribution in [0, 0.1) is 6.92 Å². The van der Waals surface area contributed by atoms with Gasteiger partial charge in [-0.05, 0) is 43.3 Å². The molecule has 0 atom stereocenters. The van der Waals surface area contributed by atoms with E-state index in [2.05, 4.69) is 0 Å². The Morgan fingerprint density at radius 3 is 2.37 bits per heavy atom. The van der Waals surface area contributed by atoms with Gasteiger partial charge in [-0.25, -0.2) is 4.98 Å². The van der Waals surface area contributed by atoms with Gasteiger partial charge in [0.1, 0.15) is 0 Å². The summed E-state index contributed by atoms with van der Waals surface area (Å²) >= 11 is 1.27. The molecule has 4 aromatic rings. The van der Waals surface area contributed by atoms with Crippen molar-refractivity contribution in [3.8, 4) is 5.69 Å². The molecule has 150 valence electrons. The third kappa shape index (κ3) is 4.00. The number of benzene rings is 3. The summed E-state index contributed by atoms with van der Waals surface area (Å²) in [4.78, 5) is 32.3. The van der Waals surface area contributed by atoms with Crippen LogP contribution in [0.15, 0.2) is 88.8 Å². The smallest absolute Gasteiger partial charge is 0.266 e. The van der Waals surface area contributed by atoms with E-state index in [1.807, 2.05) is 79.7 Å². The third-order valence-corrected chi connectivity index (χ3v) is 5.80. The number of carbonyl (C=O) groups is 1. The normalized spacial score (nSPS) is 10.9. The molecule has 0 fully saturated rings. The highest BCUT2D eigenvalue weighted by molar-refractivity contribution is 7.99. The zero-order valence-corrected chi connectivity index (χ0v) is 17.6. The lowest BCUT2D eigenvalue weighted by Gasteiger charge is -2.18. The molecule has 0 spiro atoms. The van der Waals surface area contributed by atoms with Crippen LogP contribution in [0.25, 0.3) is 16.6 Å². The maximum absolute atomic E-state index is 13.2. The molecule has 0 N–H and O–H groups in total. The molecule has 4 rings (SSSR count). The standard InChI is InChI=1S/C24H21N3O2S/c1-17-12-14-19(15-13-17)27-23(29)20-10-6-7-11-21(20)25-24(27)30-16-22(28)26(2)18-8-4-3-5-9-18/h3-15H,16H2,1-2H3. The van der Waals surface area contributed by atoms with Gasteiger partial charge in [-0.3, -0.25) is 14.2 Å². The number of aromatic nitrogens is 2. The van der Waals surface area contributed by atoms with Crippen molar-refractivity contribution in [3.05, 3.63) is 94.8 Å². The number of fused-ring (bicyclic) bond motifs is 1. The van der Waals surface area contributed by atoms with Gasteiger partial charge in [-0.15, -0.1) is 0 Å².